The minimum Gasteiger partial charge on any atom is -0.268 e. The molecule has 0 saturated carbocycles. The summed E-state index contributed by atoms with van der Waals surface area (Å²) in [4.78, 5) is 22.7. The molecule has 0 fully saturated rings. The third-order valence-electron chi connectivity index (χ3n) is 3.61. The van der Waals surface area contributed by atoms with E-state index in [4.69, 9.17) is 0 Å². The number of nitro benzene ring substituents is 1. The average Bonchev–Trinajstić information content (AvgIpc) is 3.18. The molecule has 11 heteroatoms. The number of sulfonamides is 1. The first-order valence-corrected chi connectivity index (χ1v) is 10.1. The van der Waals surface area contributed by atoms with Crippen molar-refractivity contribution in [1.82, 2.24) is 14.5 Å². The van der Waals surface area contributed by atoms with Crippen molar-refractivity contribution in [3.05, 3.63) is 74.4 Å². The summed E-state index contributed by atoms with van der Waals surface area (Å²) >= 11 is 1.47. The van der Waals surface area contributed by atoms with E-state index in [-0.39, 0.29) is 18.6 Å². The summed E-state index contributed by atoms with van der Waals surface area (Å²) in [7, 11) is -4.11. The van der Waals surface area contributed by atoms with Crippen LogP contribution in [0, 0.1) is 10.1 Å². The summed E-state index contributed by atoms with van der Waals surface area (Å²) in [5.74, 6) is 0. The van der Waals surface area contributed by atoms with E-state index in [1.54, 1.807) is 6.07 Å². The number of rotatable bonds is 7. The van der Waals surface area contributed by atoms with E-state index < -0.39 is 25.5 Å². The van der Waals surface area contributed by atoms with Crippen molar-refractivity contribution in [1.29, 1.82) is 0 Å². The lowest BCUT2D eigenvalue weighted by Gasteiger charge is -2.09. The van der Waals surface area contributed by atoms with Crippen LogP contribution in [0.1, 0.15) is 0 Å². The Labute approximate surface area is 158 Å². The number of hydrogen-bond donors (Lipinski definition) is 1. The van der Waals surface area contributed by atoms with E-state index >= 15 is 0 Å². The van der Waals surface area contributed by atoms with Gasteiger partial charge in [-0.1, -0.05) is 18.2 Å². The van der Waals surface area contributed by atoms with Gasteiger partial charge in [-0.15, -0.1) is 11.3 Å². The summed E-state index contributed by atoms with van der Waals surface area (Å²) in [6.07, 6.45) is 0. The van der Waals surface area contributed by atoms with Gasteiger partial charge in [0.1, 0.15) is 5.69 Å². The van der Waals surface area contributed by atoms with Crippen LogP contribution in [0.25, 0.3) is 10.6 Å². The number of nitrogens with one attached hydrogen (secondary N) is 1. The molecule has 0 spiro atoms. The average molecular weight is 406 g/mol. The van der Waals surface area contributed by atoms with Crippen LogP contribution in [0.3, 0.4) is 0 Å². The van der Waals surface area contributed by atoms with Crippen LogP contribution in [-0.2, 0) is 16.6 Å². The maximum absolute atomic E-state index is 12.4. The Hall–Kier alpha value is -2.89. The number of nitro groups is 1. The maximum atomic E-state index is 12.4. The molecular formula is C16H14N4O5S2. The molecule has 2 aromatic heterocycles. The van der Waals surface area contributed by atoms with Crippen molar-refractivity contribution < 1.29 is 13.3 Å². The van der Waals surface area contributed by atoms with Crippen molar-refractivity contribution in [2.75, 3.05) is 6.54 Å². The van der Waals surface area contributed by atoms with Crippen LogP contribution in [0.15, 0.2) is 63.6 Å². The number of para-hydroxylation sites is 1. The molecule has 9 nitrogen and oxygen atoms in total. The SMILES string of the molecule is O=c1ccc(-c2cccs2)nn1CCNS(=O)(=O)c1ccccc1[N+](=O)[O-]. The minimum absolute atomic E-state index is 0.0160. The summed E-state index contributed by atoms with van der Waals surface area (Å²) in [6.45, 7) is -0.160. The Bertz CT molecular complexity index is 1120. The van der Waals surface area contributed by atoms with E-state index in [2.05, 4.69) is 9.82 Å². The fourth-order valence-corrected chi connectivity index (χ4v) is 4.25. The van der Waals surface area contributed by atoms with Gasteiger partial charge in [-0.05, 0) is 23.6 Å². The quantitative estimate of drug-likeness (QED) is 0.472. The lowest BCUT2D eigenvalue weighted by Crippen LogP contribution is -2.32. The first-order valence-electron chi connectivity index (χ1n) is 7.73. The second kappa shape index (κ2) is 7.78. The summed E-state index contributed by atoms with van der Waals surface area (Å²) in [5, 5.41) is 17.1. The molecule has 0 aliphatic heterocycles. The Morgan fingerprint density at radius 3 is 2.63 bits per heavy atom. The highest BCUT2D eigenvalue weighted by Crippen LogP contribution is 2.23. The number of benzene rings is 1. The van der Waals surface area contributed by atoms with Gasteiger partial charge in [-0.25, -0.2) is 17.8 Å². The largest absolute Gasteiger partial charge is 0.289 e. The minimum atomic E-state index is -4.11. The molecule has 1 N–H and O–H groups in total. The van der Waals surface area contributed by atoms with Crippen LogP contribution in [-0.4, -0.2) is 29.7 Å². The van der Waals surface area contributed by atoms with Crippen LogP contribution >= 0.6 is 11.3 Å². The molecule has 0 saturated heterocycles. The smallest absolute Gasteiger partial charge is 0.268 e. The molecule has 3 aromatic rings. The van der Waals surface area contributed by atoms with E-state index in [0.29, 0.717) is 5.69 Å². The molecule has 140 valence electrons. The Kier molecular flexibility index (Phi) is 5.44. The van der Waals surface area contributed by atoms with Gasteiger partial charge in [-0.2, -0.15) is 5.10 Å². The van der Waals surface area contributed by atoms with Crippen molar-refractivity contribution in [3.8, 4) is 10.6 Å². The lowest BCUT2D eigenvalue weighted by atomic mass is 10.3. The first-order chi connectivity index (χ1) is 12.9. The predicted octanol–water partition coefficient (Wildman–Crippen LogP) is 1.86. The lowest BCUT2D eigenvalue weighted by molar-refractivity contribution is -0.387. The van der Waals surface area contributed by atoms with Crippen molar-refractivity contribution in [2.45, 2.75) is 11.4 Å². The van der Waals surface area contributed by atoms with Gasteiger partial charge >= 0.3 is 0 Å². The van der Waals surface area contributed by atoms with Gasteiger partial charge in [-0.3, -0.25) is 14.9 Å². The van der Waals surface area contributed by atoms with Gasteiger partial charge in [0, 0.05) is 18.7 Å². The van der Waals surface area contributed by atoms with E-state index in [0.717, 1.165) is 21.7 Å². The second-order valence-electron chi connectivity index (χ2n) is 5.38. The normalized spacial score (nSPS) is 11.4. The van der Waals surface area contributed by atoms with Crippen molar-refractivity contribution in [2.24, 2.45) is 0 Å². The fourth-order valence-electron chi connectivity index (χ4n) is 2.36. The first kappa shape index (κ1) is 18.9. The Morgan fingerprint density at radius 2 is 1.93 bits per heavy atom. The fraction of sp³-hybridized carbons (Fsp3) is 0.125. The third-order valence-corrected chi connectivity index (χ3v) is 6.01. The number of thiophene rings is 1. The van der Waals surface area contributed by atoms with E-state index in [1.807, 2.05) is 17.5 Å². The molecule has 1 aromatic carbocycles. The van der Waals surface area contributed by atoms with Gasteiger partial charge in [0.05, 0.1) is 16.3 Å². The zero-order valence-electron chi connectivity index (χ0n) is 13.8. The Balaban J connectivity index is 1.76. The number of nitrogens with zero attached hydrogens (tertiary/aromatic N) is 3. The predicted molar refractivity (Wildman–Crippen MR) is 100 cm³/mol. The molecular weight excluding hydrogens is 392 g/mol. The molecule has 27 heavy (non-hydrogen) atoms. The molecule has 0 atom stereocenters. The van der Waals surface area contributed by atoms with Gasteiger partial charge < -0.3 is 0 Å². The molecule has 0 unspecified atom stereocenters. The monoisotopic (exact) mass is 406 g/mol. The van der Waals surface area contributed by atoms with Gasteiger partial charge in [0.2, 0.25) is 10.0 Å². The summed E-state index contributed by atoms with van der Waals surface area (Å²) in [5.41, 5.74) is -0.286. The van der Waals surface area contributed by atoms with Crippen LogP contribution in [0.4, 0.5) is 5.69 Å². The third kappa shape index (κ3) is 4.27. The van der Waals surface area contributed by atoms with Crippen molar-refractivity contribution in [3.63, 3.8) is 0 Å². The molecule has 0 radical (unpaired) electrons. The zero-order valence-corrected chi connectivity index (χ0v) is 15.4. The van der Waals surface area contributed by atoms with E-state index in [9.17, 15) is 23.3 Å². The van der Waals surface area contributed by atoms with Gasteiger partial charge in [0.15, 0.2) is 4.90 Å². The molecule has 3 rings (SSSR count). The second-order valence-corrected chi connectivity index (χ2v) is 8.06. The van der Waals surface area contributed by atoms with Crippen LogP contribution in [0.5, 0.6) is 0 Å². The molecule has 0 amide bonds. The highest BCUT2D eigenvalue weighted by Gasteiger charge is 2.24. The van der Waals surface area contributed by atoms with Crippen LogP contribution in [0.2, 0.25) is 0 Å². The molecule has 0 aliphatic rings. The van der Waals surface area contributed by atoms with Gasteiger partial charge in [0.25, 0.3) is 11.2 Å². The summed E-state index contributed by atoms with van der Waals surface area (Å²) < 4.78 is 28.2. The molecule has 0 aliphatic carbocycles. The molecule has 2 heterocycles. The van der Waals surface area contributed by atoms with E-state index in [1.165, 1.54) is 29.5 Å². The Morgan fingerprint density at radius 1 is 1.15 bits per heavy atom. The maximum Gasteiger partial charge on any atom is 0.289 e. The highest BCUT2D eigenvalue weighted by molar-refractivity contribution is 7.89. The number of hydrogen-bond acceptors (Lipinski definition) is 7. The number of aromatic nitrogens is 2. The molecule has 0 bridgehead atoms. The standard InChI is InChI=1S/C16H14N4O5S2/c21-16-8-7-12(14-5-3-11-26-14)18-19(16)10-9-17-27(24,25)15-6-2-1-4-13(15)20(22)23/h1-8,11,17H,9-10H2. The zero-order chi connectivity index (χ0) is 19.4. The van der Waals surface area contributed by atoms with Crippen LogP contribution < -0.4 is 10.3 Å². The summed E-state index contributed by atoms with van der Waals surface area (Å²) in [6, 6.07) is 11.7. The highest BCUT2D eigenvalue weighted by atomic mass is 32.2. The topological polar surface area (TPSA) is 124 Å². The van der Waals surface area contributed by atoms with Crippen molar-refractivity contribution >= 4 is 27.0 Å².